The van der Waals surface area contributed by atoms with Crippen LogP contribution in [0, 0.1) is 5.92 Å². The molecule has 3 heterocycles. The Morgan fingerprint density at radius 3 is 2.76 bits per heavy atom. The molecule has 0 spiro atoms. The Kier molecular flexibility index (Phi) is 7.31. The zero-order chi connectivity index (χ0) is 21.1. The lowest BCUT2D eigenvalue weighted by Gasteiger charge is -2.39. The summed E-state index contributed by atoms with van der Waals surface area (Å²) in [4.78, 5) is 4.30. The molecule has 0 aromatic carbocycles. The Morgan fingerprint density at radius 2 is 2.17 bits per heavy atom. The fourth-order valence-corrected chi connectivity index (χ4v) is 6.01. The van der Waals surface area contributed by atoms with E-state index in [4.69, 9.17) is 15.8 Å². The minimum atomic E-state index is -3.66. The standard InChI is InChI=1S/C18H32BN5O4S/c1-18(20)14-23(13-15(18)5-4-8-19(25)26)29(27,28)24(17-11-21-12-17)10-7-16-6-2-3-9-22-16/h2-3,6,9,15,17,21,25-26H,4-5,7-8,10-14,20H2,1H3/t15-,18-/m0/s1. The van der Waals surface area contributed by atoms with Crippen LogP contribution in [0.3, 0.4) is 0 Å². The minimum absolute atomic E-state index is 0.0202. The number of pyridine rings is 1. The molecule has 29 heavy (non-hydrogen) atoms. The van der Waals surface area contributed by atoms with Crippen LogP contribution in [0.2, 0.25) is 6.32 Å². The van der Waals surface area contributed by atoms with Gasteiger partial charge in [0.2, 0.25) is 0 Å². The van der Waals surface area contributed by atoms with Gasteiger partial charge in [-0.1, -0.05) is 12.5 Å². The summed E-state index contributed by atoms with van der Waals surface area (Å²) in [7, 11) is -5.00. The third-order valence-electron chi connectivity index (χ3n) is 5.99. The van der Waals surface area contributed by atoms with Crippen LogP contribution >= 0.6 is 0 Å². The highest BCUT2D eigenvalue weighted by Crippen LogP contribution is 2.33. The van der Waals surface area contributed by atoms with E-state index >= 15 is 0 Å². The van der Waals surface area contributed by atoms with Crippen molar-refractivity contribution in [3.05, 3.63) is 30.1 Å². The molecule has 3 rings (SSSR count). The number of aromatic nitrogens is 1. The molecule has 9 nitrogen and oxygen atoms in total. The van der Waals surface area contributed by atoms with Gasteiger partial charge in [-0.25, -0.2) is 0 Å². The highest BCUT2D eigenvalue weighted by Gasteiger charge is 2.47. The molecular formula is C18H32BN5O4S. The van der Waals surface area contributed by atoms with Crippen molar-refractivity contribution in [3.63, 3.8) is 0 Å². The van der Waals surface area contributed by atoms with E-state index in [2.05, 4.69) is 10.3 Å². The predicted octanol–water partition coefficient (Wildman–Crippen LogP) is -0.955. The van der Waals surface area contributed by atoms with Gasteiger partial charge in [-0.05, 0) is 37.7 Å². The van der Waals surface area contributed by atoms with Crippen LogP contribution in [0.4, 0.5) is 0 Å². The summed E-state index contributed by atoms with van der Waals surface area (Å²) < 4.78 is 30.0. The molecule has 2 aliphatic heterocycles. The zero-order valence-electron chi connectivity index (χ0n) is 16.9. The van der Waals surface area contributed by atoms with Gasteiger partial charge < -0.3 is 21.1 Å². The molecule has 0 radical (unpaired) electrons. The fourth-order valence-electron chi connectivity index (χ4n) is 4.05. The van der Waals surface area contributed by atoms with E-state index in [1.54, 1.807) is 10.5 Å². The smallest absolute Gasteiger partial charge is 0.427 e. The van der Waals surface area contributed by atoms with Gasteiger partial charge in [0.1, 0.15) is 0 Å². The van der Waals surface area contributed by atoms with Crippen LogP contribution in [0.1, 0.15) is 25.5 Å². The van der Waals surface area contributed by atoms with Crippen molar-refractivity contribution in [2.24, 2.45) is 11.7 Å². The Bertz CT molecular complexity index is 761. The number of hydrogen-bond donors (Lipinski definition) is 4. The maximum Gasteiger partial charge on any atom is 0.451 e. The number of nitrogens with two attached hydrogens (primary N) is 1. The van der Waals surface area contributed by atoms with Crippen molar-refractivity contribution in [2.45, 2.75) is 44.1 Å². The first-order valence-electron chi connectivity index (χ1n) is 10.2. The van der Waals surface area contributed by atoms with Crippen molar-refractivity contribution in [1.82, 2.24) is 18.9 Å². The van der Waals surface area contributed by atoms with Crippen LogP contribution in [-0.2, 0) is 16.6 Å². The number of nitrogens with zero attached hydrogens (tertiary/aromatic N) is 3. The third-order valence-corrected chi connectivity index (χ3v) is 8.00. The van der Waals surface area contributed by atoms with Crippen LogP contribution < -0.4 is 11.1 Å². The average Bonchev–Trinajstić information content (AvgIpc) is 2.93. The number of rotatable bonds is 10. The van der Waals surface area contributed by atoms with Gasteiger partial charge in [0.15, 0.2) is 0 Å². The Hall–Kier alpha value is -1.08. The summed E-state index contributed by atoms with van der Waals surface area (Å²) in [6.07, 6.45) is 3.80. The molecule has 2 saturated heterocycles. The molecule has 0 unspecified atom stereocenters. The molecule has 0 amide bonds. The monoisotopic (exact) mass is 425 g/mol. The summed E-state index contributed by atoms with van der Waals surface area (Å²) in [6.45, 7) is 4.18. The van der Waals surface area contributed by atoms with Crippen molar-refractivity contribution in [1.29, 1.82) is 0 Å². The SMILES string of the molecule is C[C@]1(N)CN(S(=O)(=O)N(CCc2ccccn2)C2CNC2)C[C@@H]1CCCB(O)O. The fraction of sp³-hybridized carbons (Fsp3) is 0.722. The molecule has 5 N–H and O–H groups in total. The van der Waals surface area contributed by atoms with E-state index in [1.165, 1.54) is 4.31 Å². The molecule has 0 aliphatic carbocycles. The summed E-state index contributed by atoms with van der Waals surface area (Å²) in [5, 5.41) is 21.3. The lowest BCUT2D eigenvalue weighted by Crippen LogP contribution is -2.61. The topological polar surface area (TPSA) is 132 Å². The van der Waals surface area contributed by atoms with E-state index < -0.39 is 22.9 Å². The molecule has 0 bridgehead atoms. The van der Waals surface area contributed by atoms with Crippen LogP contribution in [0.5, 0.6) is 0 Å². The highest BCUT2D eigenvalue weighted by molar-refractivity contribution is 7.86. The molecular weight excluding hydrogens is 393 g/mol. The molecule has 11 heteroatoms. The first-order valence-corrected chi connectivity index (χ1v) is 11.6. The molecule has 1 aromatic rings. The van der Waals surface area contributed by atoms with Crippen molar-refractivity contribution in [2.75, 3.05) is 32.7 Å². The first kappa shape index (κ1) is 22.6. The minimum Gasteiger partial charge on any atom is -0.427 e. The zero-order valence-corrected chi connectivity index (χ0v) is 17.8. The van der Waals surface area contributed by atoms with Crippen molar-refractivity contribution < 1.29 is 18.5 Å². The Labute approximate surface area is 173 Å². The molecule has 2 atom stereocenters. The second kappa shape index (κ2) is 9.38. The Balaban J connectivity index is 1.68. The maximum absolute atomic E-state index is 13.5. The molecule has 162 valence electrons. The third kappa shape index (κ3) is 5.54. The van der Waals surface area contributed by atoms with Gasteiger partial charge in [-0.15, -0.1) is 0 Å². The second-order valence-corrected chi connectivity index (χ2v) is 10.3. The van der Waals surface area contributed by atoms with Crippen LogP contribution in [0.15, 0.2) is 24.4 Å². The van der Waals surface area contributed by atoms with E-state index in [0.29, 0.717) is 45.4 Å². The molecule has 2 aliphatic rings. The maximum atomic E-state index is 13.5. The summed E-state index contributed by atoms with van der Waals surface area (Å²) >= 11 is 0. The molecule has 2 fully saturated rings. The Morgan fingerprint density at radius 1 is 1.41 bits per heavy atom. The van der Waals surface area contributed by atoms with Gasteiger partial charge in [0.05, 0.1) is 6.04 Å². The van der Waals surface area contributed by atoms with E-state index in [9.17, 15) is 8.42 Å². The lowest BCUT2D eigenvalue weighted by atomic mass is 9.79. The first-order chi connectivity index (χ1) is 13.7. The van der Waals surface area contributed by atoms with E-state index in [-0.39, 0.29) is 24.8 Å². The van der Waals surface area contributed by atoms with Gasteiger partial charge >= 0.3 is 7.12 Å². The summed E-state index contributed by atoms with van der Waals surface area (Å²) in [5.41, 5.74) is 6.67. The van der Waals surface area contributed by atoms with Gasteiger partial charge in [0, 0.05) is 56.6 Å². The molecule has 0 saturated carbocycles. The van der Waals surface area contributed by atoms with E-state index in [0.717, 1.165) is 5.69 Å². The lowest BCUT2D eigenvalue weighted by molar-refractivity contribution is 0.227. The van der Waals surface area contributed by atoms with Crippen molar-refractivity contribution in [3.8, 4) is 0 Å². The van der Waals surface area contributed by atoms with E-state index in [1.807, 2.05) is 25.1 Å². The summed E-state index contributed by atoms with van der Waals surface area (Å²) in [6, 6.07) is 5.59. The summed E-state index contributed by atoms with van der Waals surface area (Å²) in [5.74, 6) is -0.0202. The van der Waals surface area contributed by atoms with Gasteiger partial charge in [-0.2, -0.15) is 17.0 Å². The largest absolute Gasteiger partial charge is 0.451 e. The predicted molar refractivity (Wildman–Crippen MR) is 112 cm³/mol. The van der Waals surface area contributed by atoms with Gasteiger partial charge in [-0.3, -0.25) is 4.98 Å². The number of hydrogen-bond acceptors (Lipinski definition) is 7. The van der Waals surface area contributed by atoms with Crippen LogP contribution in [0.25, 0.3) is 0 Å². The quantitative estimate of drug-likeness (QED) is 0.355. The van der Waals surface area contributed by atoms with Gasteiger partial charge in [0.25, 0.3) is 10.2 Å². The average molecular weight is 425 g/mol. The molecule has 1 aromatic heterocycles. The van der Waals surface area contributed by atoms with Crippen LogP contribution in [-0.4, -0.2) is 83.5 Å². The highest BCUT2D eigenvalue weighted by atomic mass is 32.2. The second-order valence-electron chi connectivity index (χ2n) is 8.41. The van der Waals surface area contributed by atoms with Crippen molar-refractivity contribution >= 4 is 17.3 Å². The number of nitrogens with one attached hydrogen (secondary N) is 1. The normalized spacial score (nSPS) is 26.0.